The molecule has 0 atom stereocenters. The van der Waals surface area contributed by atoms with E-state index in [-0.39, 0.29) is 6.61 Å². The van der Waals surface area contributed by atoms with Gasteiger partial charge in [-0.2, -0.15) is 0 Å². The molecular weight excluding hydrogens is 292 g/mol. The van der Waals surface area contributed by atoms with Crippen molar-refractivity contribution in [3.63, 3.8) is 0 Å². The first-order valence-corrected chi connectivity index (χ1v) is 8.44. The van der Waals surface area contributed by atoms with E-state index in [0.717, 1.165) is 38.5 Å². The lowest BCUT2D eigenvalue weighted by Gasteiger charge is -2.19. The van der Waals surface area contributed by atoms with Crippen LogP contribution >= 0.6 is 11.8 Å². The minimum atomic E-state index is 0.00911. The van der Waals surface area contributed by atoms with Crippen LogP contribution in [0.15, 0.2) is 47.9 Å². The van der Waals surface area contributed by atoms with Crippen molar-refractivity contribution in [1.82, 2.24) is 0 Å². The molecule has 0 fully saturated rings. The Kier molecular flexibility index (Phi) is 5.69. The van der Waals surface area contributed by atoms with Crippen molar-refractivity contribution in [3.8, 4) is 5.75 Å². The first-order chi connectivity index (χ1) is 10.6. The van der Waals surface area contributed by atoms with Crippen molar-refractivity contribution >= 4 is 17.3 Å². The van der Waals surface area contributed by atoms with Gasteiger partial charge in [-0.05, 0) is 48.4 Å². The second-order valence-electron chi connectivity index (χ2n) is 5.28. The lowest BCUT2D eigenvalue weighted by Crippen LogP contribution is -2.03. The van der Waals surface area contributed by atoms with E-state index < -0.39 is 0 Å². The Hall–Kier alpha value is -1.71. The minimum Gasteiger partial charge on any atom is -0.488 e. The fraction of sp³-hybridized carbons (Fsp3) is 0.263. The van der Waals surface area contributed by atoms with E-state index in [0.29, 0.717) is 6.61 Å². The van der Waals surface area contributed by atoms with Crippen LogP contribution in [0.4, 0.5) is 0 Å². The van der Waals surface area contributed by atoms with Crippen molar-refractivity contribution in [2.45, 2.75) is 32.0 Å². The van der Waals surface area contributed by atoms with E-state index in [9.17, 15) is 5.11 Å². The van der Waals surface area contributed by atoms with Gasteiger partial charge in [-0.1, -0.05) is 36.9 Å². The van der Waals surface area contributed by atoms with Gasteiger partial charge in [0.25, 0.3) is 0 Å². The van der Waals surface area contributed by atoms with Crippen LogP contribution in [-0.2, 0) is 13.2 Å². The molecular formula is C19H22O2S. The first-order valence-electron chi connectivity index (χ1n) is 7.22. The highest BCUT2D eigenvalue weighted by Crippen LogP contribution is 2.37. The number of ether oxygens (including phenoxy) is 1. The summed E-state index contributed by atoms with van der Waals surface area (Å²) in [5.74, 6) is 0.788. The lowest BCUT2D eigenvalue weighted by molar-refractivity contribution is 0.274. The Bertz CT molecular complexity index is 663. The summed E-state index contributed by atoms with van der Waals surface area (Å²) in [4.78, 5) is 1.10. The Morgan fingerprint density at radius 3 is 2.50 bits per heavy atom. The molecule has 0 saturated carbocycles. The molecule has 2 rings (SSSR count). The van der Waals surface area contributed by atoms with Crippen molar-refractivity contribution < 1.29 is 9.84 Å². The molecule has 0 aliphatic carbocycles. The molecule has 116 valence electrons. The van der Waals surface area contributed by atoms with Gasteiger partial charge in [0.15, 0.2) is 0 Å². The fourth-order valence-electron chi connectivity index (χ4n) is 2.62. The minimum absolute atomic E-state index is 0.00911. The van der Waals surface area contributed by atoms with Gasteiger partial charge in [0.1, 0.15) is 12.4 Å². The van der Waals surface area contributed by atoms with Gasteiger partial charge in [0, 0.05) is 10.5 Å². The van der Waals surface area contributed by atoms with Crippen LogP contribution in [0.25, 0.3) is 5.57 Å². The fourth-order valence-corrected chi connectivity index (χ4v) is 3.41. The van der Waals surface area contributed by atoms with E-state index in [1.54, 1.807) is 11.8 Å². The number of rotatable bonds is 6. The summed E-state index contributed by atoms with van der Waals surface area (Å²) >= 11 is 1.64. The highest BCUT2D eigenvalue weighted by molar-refractivity contribution is 7.98. The van der Waals surface area contributed by atoms with Gasteiger partial charge < -0.3 is 9.84 Å². The summed E-state index contributed by atoms with van der Waals surface area (Å²) < 4.78 is 6.03. The Balaban J connectivity index is 2.40. The van der Waals surface area contributed by atoms with Crippen LogP contribution in [0.3, 0.4) is 0 Å². The van der Waals surface area contributed by atoms with E-state index >= 15 is 0 Å². The molecule has 3 heteroatoms. The maximum Gasteiger partial charge on any atom is 0.127 e. The van der Waals surface area contributed by atoms with Crippen LogP contribution in [0.5, 0.6) is 5.75 Å². The Morgan fingerprint density at radius 1 is 1.27 bits per heavy atom. The summed E-state index contributed by atoms with van der Waals surface area (Å²) in [7, 11) is 0. The molecule has 2 aromatic rings. The molecule has 0 aromatic heterocycles. The summed E-state index contributed by atoms with van der Waals surface area (Å²) in [5.41, 5.74) is 5.15. The molecule has 0 bridgehead atoms. The second kappa shape index (κ2) is 7.52. The van der Waals surface area contributed by atoms with Crippen molar-refractivity contribution in [1.29, 1.82) is 0 Å². The molecule has 2 nitrogen and oxygen atoms in total. The lowest BCUT2D eigenvalue weighted by atomic mass is 9.98. The quantitative estimate of drug-likeness (QED) is 0.775. The number of benzene rings is 2. The van der Waals surface area contributed by atoms with Crippen LogP contribution in [0.2, 0.25) is 0 Å². The smallest absolute Gasteiger partial charge is 0.127 e. The predicted octanol–water partition coefficient (Wildman–Crippen LogP) is 4.82. The Labute approximate surface area is 136 Å². The molecule has 0 amide bonds. The molecule has 0 heterocycles. The number of hydrogen-bond acceptors (Lipinski definition) is 3. The molecule has 22 heavy (non-hydrogen) atoms. The van der Waals surface area contributed by atoms with Gasteiger partial charge in [-0.15, -0.1) is 11.8 Å². The van der Waals surface area contributed by atoms with Crippen LogP contribution in [0, 0.1) is 6.92 Å². The zero-order valence-electron chi connectivity index (χ0n) is 13.3. The van der Waals surface area contributed by atoms with Gasteiger partial charge in [-0.3, -0.25) is 0 Å². The van der Waals surface area contributed by atoms with Gasteiger partial charge in [0.2, 0.25) is 0 Å². The summed E-state index contributed by atoms with van der Waals surface area (Å²) in [6, 6.07) is 12.0. The molecule has 0 aliphatic rings. The number of aliphatic hydroxyl groups excluding tert-OH is 1. The standard InChI is InChI=1S/C19H22O2S/c1-13(2)18-14(3)19(22-4)16(11-20)10-17(18)21-12-15-8-6-5-7-9-15/h5-10,20H,1,11-12H2,2-4H3. The van der Waals surface area contributed by atoms with Crippen molar-refractivity contribution in [2.24, 2.45) is 0 Å². The second-order valence-corrected chi connectivity index (χ2v) is 6.10. The maximum atomic E-state index is 9.62. The summed E-state index contributed by atoms with van der Waals surface area (Å²) in [6.45, 7) is 8.64. The third kappa shape index (κ3) is 3.54. The average molecular weight is 314 g/mol. The highest BCUT2D eigenvalue weighted by Gasteiger charge is 2.16. The highest BCUT2D eigenvalue weighted by atomic mass is 32.2. The number of aliphatic hydroxyl groups is 1. The zero-order valence-corrected chi connectivity index (χ0v) is 14.2. The maximum absolute atomic E-state index is 9.62. The van der Waals surface area contributed by atoms with Crippen LogP contribution in [-0.4, -0.2) is 11.4 Å². The van der Waals surface area contributed by atoms with Gasteiger partial charge in [0.05, 0.1) is 6.61 Å². The molecule has 0 aliphatic heterocycles. The van der Waals surface area contributed by atoms with Gasteiger partial charge in [-0.25, -0.2) is 0 Å². The SMILES string of the molecule is C=C(C)c1c(OCc2ccccc2)cc(CO)c(SC)c1C. The number of hydrogen-bond donors (Lipinski definition) is 1. The van der Waals surface area contributed by atoms with Crippen molar-refractivity contribution in [2.75, 3.05) is 6.26 Å². The normalized spacial score (nSPS) is 10.5. The Morgan fingerprint density at radius 2 is 1.95 bits per heavy atom. The summed E-state index contributed by atoms with van der Waals surface area (Å²) in [6.07, 6.45) is 2.02. The third-order valence-electron chi connectivity index (χ3n) is 3.60. The number of allylic oxidation sites excluding steroid dienone is 1. The molecule has 0 unspecified atom stereocenters. The summed E-state index contributed by atoms with van der Waals surface area (Å²) in [5, 5.41) is 9.62. The first kappa shape index (κ1) is 16.7. The number of thioether (sulfide) groups is 1. The molecule has 2 aromatic carbocycles. The van der Waals surface area contributed by atoms with E-state index in [4.69, 9.17) is 4.74 Å². The van der Waals surface area contributed by atoms with Crippen molar-refractivity contribution in [3.05, 3.63) is 65.2 Å². The monoisotopic (exact) mass is 314 g/mol. The van der Waals surface area contributed by atoms with Gasteiger partial charge >= 0.3 is 0 Å². The third-order valence-corrected chi connectivity index (χ3v) is 4.57. The molecule has 0 radical (unpaired) electrons. The van der Waals surface area contributed by atoms with E-state index in [1.165, 1.54) is 0 Å². The molecule has 0 spiro atoms. The average Bonchev–Trinajstić information content (AvgIpc) is 2.52. The van der Waals surface area contributed by atoms with Crippen LogP contribution in [0.1, 0.15) is 29.2 Å². The molecule has 1 N–H and O–H groups in total. The van der Waals surface area contributed by atoms with Crippen LogP contribution < -0.4 is 4.74 Å². The topological polar surface area (TPSA) is 29.5 Å². The molecule has 0 saturated heterocycles. The predicted molar refractivity (Wildman–Crippen MR) is 94.4 cm³/mol. The van der Waals surface area contributed by atoms with E-state index in [1.807, 2.05) is 49.6 Å². The van der Waals surface area contributed by atoms with E-state index in [2.05, 4.69) is 13.5 Å². The largest absolute Gasteiger partial charge is 0.488 e. The zero-order chi connectivity index (χ0) is 16.1.